The van der Waals surface area contributed by atoms with E-state index in [-0.39, 0.29) is 5.82 Å². The summed E-state index contributed by atoms with van der Waals surface area (Å²) in [6, 6.07) is 4.55. The molecule has 0 bridgehead atoms. The molecule has 3 nitrogen and oxygen atoms in total. The summed E-state index contributed by atoms with van der Waals surface area (Å²) in [6.45, 7) is 3.85. The van der Waals surface area contributed by atoms with Crippen LogP contribution in [0, 0.1) is 11.7 Å². The Balaban J connectivity index is 2.24. The fraction of sp³-hybridized carbons (Fsp3) is 0.438. The summed E-state index contributed by atoms with van der Waals surface area (Å²) in [5.41, 5.74) is 1.52. The van der Waals surface area contributed by atoms with Gasteiger partial charge in [-0.3, -0.25) is 0 Å². The smallest absolute Gasteiger partial charge is 0.328 e. The molecule has 1 aromatic rings. The molecule has 20 heavy (non-hydrogen) atoms. The molecule has 1 fully saturated rings. The number of hydrogen-bond donors (Lipinski definition) is 1. The van der Waals surface area contributed by atoms with Crippen molar-refractivity contribution < 1.29 is 14.3 Å². The maximum atomic E-state index is 13.4. The number of carbonyl (C=O) groups is 1. The highest BCUT2D eigenvalue weighted by atomic mass is 19.1. The lowest BCUT2D eigenvalue weighted by molar-refractivity contribution is -0.131. The first kappa shape index (κ1) is 14.6. The van der Waals surface area contributed by atoms with Crippen LogP contribution >= 0.6 is 0 Å². The zero-order valence-electron chi connectivity index (χ0n) is 11.7. The molecule has 0 radical (unpaired) electrons. The van der Waals surface area contributed by atoms with E-state index in [1.165, 1.54) is 37.5 Å². The van der Waals surface area contributed by atoms with Gasteiger partial charge in [-0.15, -0.1) is 0 Å². The molecule has 2 rings (SSSR count). The van der Waals surface area contributed by atoms with Crippen molar-refractivity contribution in [3.05, 3.63) is 35.7 Å². The zero-order chi connectivity index (χ0) is 14.5. The summed E-state index contributed by atoms with van der Waals surface area (Å²) in [5.74, 6) is -0.669. The standard InChI is InChI=1S/C16H20FNO2/c1-2-18(11-12-4-3-5-12)15-8-7-14(17)10-13(15)6-9-16(19)20/h6-10,12H,2-5,11H2,1H3,(H,19,20)/b9-6+. The van der Waals surface area contributed by atoms with E-state index in [1.807, 2.05) is 0 Å². The molecule has 0 atom stereocenters. The SMILES string of the molecule is CCN(CC1CCC1)c1ccc(F)cc1/C=C/C(=O)O. The van der Waals surface area contributed by atoms with Crippen LogP contribution in [0.25, 0.3) is 6.08 Å². The monoisotopic (exact) mass is 277 g/mol. The van der Waals surface area contributed by atoms with E-state index in [2.05, 4.69) is 11.8 Å². The molecule has 0 saturated heterocycles. The molecule has 0 aromatic heterocycles. The van der Waals surface area contributed by atoms with Gasteiger partial charge in [0.2, 0.25) is 0 Å². The van der Waals surface area contributed by atoms with Gasteiger partial charge in [0.05, 0.1) is 0 Å². The van der Waals surface area contributed by atoms with E-state index in [0.717, 1.165) is 24.9 Å². The first-order valence-electron chi connectivity index (χ1n) is 7.05. The van der Waals surface area contributed by atoms with Crippen molar-refractivity contribution in [3.63, 3.8) is 0 Å². The van der Waals surface area contributed by atoms with Crippen molar-refractivity contribution in [2.75, 3.05) is 18.0 Å². The number of anilines is 1. The molecule has 0 heterocycles. The van der Waals surface area contributed by atoms with Gasteiger partial charge in [0.25, 0.3) is 0 Å². The Morgan fingerprint density at radius 1 is 1.50 bits per heavy atom. The lowest BCUT2D eigenvalue weighted by atomic mass is 9.85. The molecule has 1 aliphatic rings. The Kier molecular flexibility index (Phi) is 4.77. The lowest BCUT2D eigenvalue weighted by Gasteiger charge is -2.34. The Morgan fingerprint density at radius 2 is 2.25 bits per heavy atom. The van der Waals surface area contributed by atoms with Gasteiger partial charge in [-0.25, -0.2) is 9.18 Å². The zero-order valence-corrected chi connectivity index (χ0v) is 11.7. The number of aliphatic carboxylic acids is 1. The van der Waals surface area contributed by atoms with Crippen molar-refractivity contribution >= 4 is 17.7 Å². The van der Waals surface area contributed by atoms with E-state index in [1.54, 1.807) is 6.07 Å². The average Bonchev–Trinajstić information content (AvgIpc) is 2.36. The maximum Gasteiger partial charge on any atom is 0.328 e. The topological polar surface area (TPSA) is 40.5 Å². The second-order valence-electron chi connectivity index (χ2n) is 5.21. The van der Waals surface area contributed by atoms with Crippen molar-refractivity contribution in [1.29, 1.82) is 0 Å². The maximum absolute atomic E-state index is 13.4. The van der Waals surface area contributed by atoms with Crippen LogP contribution in [0.1, 0.15) is 31.7 Å². The van der Waals surface area contributed by atoms with Gasteiger partial charge in [-0.1, -0.05) is 6.42 Å². The Hall–Kier alpha value is -1.84. The van der Waals surface area contributed by atoms with Gasteiger partial charge in [0.15, 0.2) is 0 Å². The summed E-state index contributed by atoms with van der Waals surface area (Å²) >= 11 is 0. The van der Waals surface area contributed by atoms with Gasteiger partial charge < -0.3 is 10.0 Å². The average molecular weight is 277 g/mol. The van der Waals surface area contributed by atoms with E-state index in [4.69, 9.17) is 5.11 Å². The number of carboxylic acid groups (broad SMARTS) is 1. The predicted octanol–water partition coefficient (Wildman–Crippen LogP) is 3.55. The third-order valence-corrected chi connectivity index (χ3v) is 3.82. The van der Waals surface area contributed by atoms with Crippen molar-refractivity contribution in [1.82, 2.24) is 0 Å². The van der Waals surface area contributed by atoms with Crippen LogP contribution in [-0.2, 0) is 4.79 Å². The molecular formula is C16H20FNO2. The predicted molar refractivity (Wildman–Crippen MR) is 78.3 cm³/mol. The number of hydrogen-bond acceptors (Lipinski definition) is 2. The second kappa shape index (κ2) is 6.55. The third kappa shape index (κ3) is 3.59. The Morgan fingerprint density at radius 3 is 2.80 bits per heavy atom. The van der Waals surface area contributed by atoms with Crippen LogP contribution in [0.3, 0.4) is 0 Å². The second-order valence-corrected chi connectivity index (χ2v) is 5.21. The quantitative estimate of drug-likeness (QED) is 0.808. The molecule has 1 aliphatic carbocycles. The third-order valence-electron chi connectivity index (χ3n) is 3.82. The van der Waals surface area contributed by atoms with Crippen LogP contribution in [0.5, 0.6) is 0 Å². The summed E-state index contributed by atoms with van der Waals surface area (Å²) in [7, 11) is 0. The van der Waals surface area contributed by atoms with Crippen molar-refractivity contribution in [2.24, 2.45) is 5.92 Å². The number of carboxylic acids is 1. The molecule has 0 unspecified atom stereocenters. The highest BCUT2D eigenvalue weighted by Crippen LogP contribution is 2.30. The van der Waals surface area contributed by atoms with Gasteiger partial charge >= 0.3 is 5.97 Å². The minimum atomic E-state index is -1.03. The fourth-order valence-corrected chi connectivity index (χ4v) is 2.49. The van der Waals surface area contributed by atoms with Gasteiger partial charge in [0.1, 0.15) is 5.82 Å². The van der Waals surface area contributed by atoms with Gasteiger partial charge in [0, 0.05) is 30.4 Å². The van der Waals surface area contributed by atoms with E-state index < -0.39 is 5.97 Å². The number of rotatable bonds is 6. The van der Waals surface area contributed by atoms with Crippen LogP contribution in [0.15, 0.2) is 24.3 Å². The number of halogens is 1. The first-order chi connectivity index (χ1) is 9.60. The molecule has 4 heteroatoms. The highest BCUT2D eigenvalue weighted by molar-refractivity contribution is 5.87. The summed E-state index contributed by atoms with van der Waals surface area (Å²) in [5, 5.41) is 8.73. The molecule has 1 N–H and O–H groups in total. The van der Waals surface area contributed by atoms with Gasteiger partial charge in [-0.05, 0) is 50.0 Å². The van der Waals surface area contributed by atoms with Crippen LogP contribution in [-0.4, -0.2) is 24.2 Å². The Labute approximate surface area is 118 Å². The molecule has 1 saturated carbocycles. The molecular weight excluding hydrogens is 257 g/mol. The lowest BCUT2D eigenvalue weighted by Crippen LogP contribution is -2.32. The summed E-state index contributed by atoms with van der Waals surface area (Å²) in [4.78, 5) is 12.8. The van der Waals surface area contributed by atoms with Crippen LogP contribution in [0.2, 0.25) is 0 Å². The fourth-order valence-electron chi connectivity index (χ4n) is 2.49. The number of benzene rings is 1. The minimum absolute atomic E-state index is 0.349. The Bertz CT molecular complexity index is 509. The molecule has 0 amide bonds. The molecule has 0 spiro atoms. The minimum Gasteiger partial charge on any atom is -0.478 e. The summed E-state index contributed by atoms with van der Waals surface area (Å²) < 4.78 is 13.4. The molecule has 0 aliphatic heterocycles. The van der Waals surface area contributed by atoms with Crippen molar-refractivity contribution in [2.45, 2.75) is 26.2 Å². The van der Waals surface area contributed by atoms with Crippen LogP contribution in [0.4, 0.5) is 10.1 Å². The van der Waals surface area contributed by atoms with E-state index in [0.29, 0.717) is 11.5 Å². The van der Waals surface area contributed by atoms with E-state index >= 15 is 0 Å². The normalized spacial score (nSPS) is 15.3. The van der Waals surface area contributed by atoms with Gasteiger partial charge in [-0.2, -0.15) is 0 Å². The molecule has 1 aromatic carbocycles. The van der Waals surface area contributed by atoms with E-state index in [9.17, 15) is 9.18 Å². The largest absolute Gasteiger partial charge is 0.478 e. The van der Waals surface area contributed by atoms with Crippen molar-refractivity contribution in [3.8, 4) is 0 Å². The molecule has 108 valence electrons. The summed E-state index contributed by atoms with van der Waals surface area (Å²) in [6.07, 6.45) is 6.30. The van der Waals surface area contributed by atoms with Crippen LogP contribution < -0.4 is 4.90 Å². The highest BCUT2D eigenvalue weighted by Gasteiger charge is 2.21. The first-order valence-corrected chi connectivity index (χ1v) is 7.05. The number of nitrogens with zero attached hydrogens (tertiary/aromatic N) is 1.